The van der Waals surface area contributed by atoms with E-state index in [-0.39, 0.29) is 0 Å². The number of hydrogen-bond acceptors (Lipinski definition) is 3. The second kappa shape index (κ2) is 7.63. The van der Waals surface area contributed by atoms with E-state index in [0.717, 1.165) is 31.1 Å². The van der Waals surface area contributed by atoms with Gasteiger partial charge in [0.1, 0.15) is 0 Å². The number of rotatable bonds is 3. The van der Waals surface area contributed by atoms with Crippen molar-refractivity contribution in [3.8, 4) is 11.8 Å². The maximum atomic E-state index is 11.2. The highest BCUT2D eigenvalue weighted by Crippen LogP contribution is 2.21. The van der Waals surface area contributed by atoms with E-state index < -0.39 is 5.76 Å². The molecule has 1 aliphatic rings. The van der Waals surface area contributed by atoms with Crippen LogP contribution < -0.4 is 5.76 Å². The molecule has 0 unspecified atom stereocenters. The molecule has 0 spiro atoms. The Morgan fingerprint density at radius 1 is 1.12 bits per heavy atom. The first kappa shape index (κ1) is 16.7. The van der Waals surface area contributed by atoms with Gasteiger partial charge in [-0.2, -0.15) is 0 Å². The standard InChI is InChI=1S/C22H22N2O2/c25-22-23-20-9-8-18(16-21(20)26-22)7-4-12-24-13-10-19(11-14-24)15-17-5-2-1-3-6-17/h1-3,5-6,8-9,16,19H,10-15H2,(H,23,25). The van der Waals surface area contributed by atoms with Gasteiger partial charge in [-0.3, -0.25) is 9.88 Å². The van der Waals surface area contributed by atoms with E-state index >= 15 is 0 Å². The number of aromatic nitrogens is 1. The third kappa shape index (κ3) is 4.07. The molecule has 1 saturated heterocycles. The molecule has 1 aliphatic heterocycles. The van der Waals surface area contributed by atoms with Crippen LogP contribution in [0.3, 0.4) is 0 Å². The summed E-state index contributed by atoms with van der Waals surface area (Å²) in [6.45, 7) is 3.00. The Morgan fingerprint density at radius 2 is 1.92 bits per heavy atom. The average Bonchev–Trinajstić information content (AvgIpc) is 3.03. The lowest BCUT2D eigenvalue weighted by atomic mass is 9.90. The number of piperidine rings is 1. The molecule has 0 amide bonds. The minimum atomic E-state index is -0.427. The van der Waals surface area contributed by atoms with Crippen molar-refractivity contribution in [3.05, 3.63) is 70.2 Å². The number of nitrogens with one attached hydrogen (secondary N) is 1. The van der Waals surface area contributed by atoms with Crippen molar-refractivity contribution in [1.29, 1.82) is 0 Å². The Morgan fingerprint density at radius 3 is 2.73 bits per heavy atom. The molecule has 26 heavy (non-hydrogen) atoms. The van der Waals surface area contributed by atoms with Crippen molar-refractivity contribution >= 4 is 11.1 Å². The molecule has 3 aromatic rings. The molecule has 2 aromatic carbocycles. The molecular formula is C22H22N2O2. The van der Waals surface area contributed by atoms with Crippen LogP contribution >= 0.6 is 0 Å². The molecule has 1 N–H and O–H groups in total. The summed E-state index contributed by atoms with van der Waals surface area (Å²) in [5, 5.41) is 0. The zero-order valence-electron chi connectivity index (χ0n) is 14.7. The predicted molar refractivity (Wildman–Crippen MR) is 103 cm³/mol. The molecule has 132 valence electrons. The summed E-state index contributed by atoms with van der Waals surface area (Å²) in [6.07, 6.45) is 3.65. The van der Waals surface area contributed by atoms with Gasteiger partial charge in [-0.1, -0.05) is 42.2 Å². The quantitative estimate of drug-likeness (QED) is 0.739. The molecule has 4 heteroatoms. The minimum absolute atomic E-state index is 0.427. The maximum absolute atomic E-state index is 11.2. The van der Waals surface area contributed by atoms with Crippen LogP contribution in [0, 0.1) is 17.8 Å². The van der Waals surface area contributed by atoms with Crippen molar-refractivity contribution in [2.45, 2.75) is 19.3 Å². The topological polar surface area (TPSA) is 49.2 Å². The first-order valence-corrected chi connectivity index (χ1v) is 9.14. The summed E-state index contributed by atoms with van der Waals surface area (Å²) in [4.78, 5) is 16.3. The van der Waals surface area contributed by atoms with E-state index in [4.69, 9.17) is 4.42 Å². The summed E-state index contributed by atoms with van der Waals surface area (Å²) in [6, 6.07) is 16.3. The zero-order chi connectivity index (χ0) is 17.8. The number of H-pyrrole nitrogens is 1. The van der Waals surface area contributed by atoms with E-state index in [0.29, 0.717) is 11.1 Å². The van der Waals surface area contributed by atoms with E-state index in [2.05, 4.69) is 52.1 Å². The van der Waals surface area contributed by atoms with Gasteiger partial charge in [0.25, 0.3) is 0 Å². The van der Waals surface area contributed by atoms with Crippen molar-refractivity contribution < 1.29 is 4.42 Å². The molecule has 1 aromatic heterocycles. The molecule has 4 nitrogen and oxygen atoms in total. The Balaban J connectivity index is 1.29. The summed E-state index contributed by atoms with van der Waals surface area (Å²) >= 11 is 0. The lowest BCUT2D eigenvalue weighted by Gasteiger charge is -2.30. The van der Waals surface area contributed by atoms with Gasteiger partial charge in [0.05, 0.1) is 12.1 Å². The number of fused-ring (bicyclic) bond motifs is 1. The first-order valence-electron chi connectivity index (χ1n) is 9.14. The monoisotopic (exact) mass is 346 g/mol. The normalized spacial score (nSPS) is 15.7. The Hall–Kier alpha value is -2.77. The van der Waals surface area contributed by atoms with E-state index in [1.54, 1.807) is 0 Å². The van der Waals surface area contributed by atoms with Gasteiger partial charge >= 0.3 is 5.76 Å². The summed E-state index contributed by atoms with van der Waals surface area (Å²) in [5.41, 5.74) is 3.58. The van der Waals surface area contributed by atoms with Gasteiger partial charge in [0.2, 0.25) is 0 Å². The summed E-state index contributed by atoms with van der Waals surface area (Å²) < 4.78 is 5.08. The van der Waals surface area contributed by atoms with Gasteiger partial charge in [0.15, 0.2) is 5.58 Å². The van der Waals surface area contributed by atoms with Crippen LogP contribution in [0.4, 0.5) is 0 Å². The van der Waals surface area contributed by atoms with Crippen LogP contribution in [0.15, 0.2) is 57.7 Å². The third-order valence-corrected chi connectivity index (χ3v) is 5.03. The molecule has 1 fully saturated rings. The zero-order valence-corrected chi connectivity index (χ0v) is 14.7. The van der Waals surface area contributed by atoms with Crippen molar-refractivity contribution in [3.63, 3.8) is 0 Å². The number of aromatic amines is 1. The van der Waals surface area contributed by atoms with Crippen LogP contribution in [-0.4, -0.2) is 29.5 Å². The van der Waals surface area contributed by atoms with E-state index in [1.807, 2.05) is 18.2 Å². The number of oxazole rings is 1. The second-order valence-electron chi connectivity index (χ2n) is 6.94. The van der Waals surface area contributed by atoms with Gasteiger partial charge < -0.3 is 4.42 Å². The van der Waals surface area contributed by atoms with Crippen LogP contribution in [-0.2, 0) is 6.42 Å². The van der Waals surface area contributed by atoms with Crippen LogP contribution in [0.5, 0.6) is 0 Å². The summed E-state index contributed by atoms with van der Waals surface area (Å²) in [5.74, 6) is 6.78. The lowest BCUT2D eigenvalue weighted by molar-refractivity contribution is 0.203. The van der Waals surface area contributed by atoms with Crippen molar-refractivity contribution in [2.75, 3.05) is 19.6 Å². The molecule has 2 heterocycles. The predicted octanol–water partition coefficient (Wildman–Crippen LogP) is 3.43. The fourth-order valence-electron chi connectivity index (χ4n) is 3.57. The first-order chi connectivity index (χ1) is 12.8. The van der Waals surface area contributed by atoms with Crippen molar-refractivity contribution in [1.82, 2.24) is 9.88 Å². The number of hydrogen-bond donors (Lipinski definition) is 1. The Kier molecular flexibility index (Phi) is 4.90. The third-order valence-electron chi connectivity index (χ3n) is 5.03. The average molecular weight is 346 g/mol. The smallest absolute Gasteiger partial charge is 0.408 e. The maximum Gasteiger partial charge on any atom is 0.417 e. The molecule has 0 aliphatic carbocycles. The Bertz CT molecular complexity index is 983. The number of likely N-dealkylation sites (tertiary alicyclic amines) is 1. The highest BCUT2D eigenvalue weighted by molar-refractivity contribution is 5.73. The molecule has 0 radical (unpaired) electrons. The molecular weight excluding hydrogens is 324 g/mol. The van der Waals surface area contributed by atoms with Gasteiger partial charge in [-0.25, -0.2) is 4.79 Å². The van der Waals surface area contributed by atoms with Crippen LogP contribution in [0.1, 0.15) is 24.0 Å². The minimum Gasteiger partial charge on any atom is -0.408 e. The lowest BCUT2D eigenvalue weighted by Crippen LogP contribution is -2.34. The molecule has 0 saturated carbocycles. The molecule has 0 bridgehead atoms. The highest BCUT2D eigenvalue weighted by atomic mass is 16.4. The van der Waals surface area contributed by atoms with Gasteiger partial charge in [-0.15, -0.1) is 0 Å². The molecule has 0 atom stereocenters. The van der Waals surface area contributed by atoms with Gasteiger partial charge in [0, 0.05) is 5.56 Å². The van der Waals surface area contributed by atoms with E-state index in [1.165, 1.54) is 24.8 Å². The largest absolute Gasteiger partial charge is 0.417 e. The fourth-order valence-corrected chi connectivity index (χ4v) is 3.57. The van der Waals surface area contributed by atoms with Gasteiger partial charge in [-0.05, 0) is 62.0 Å². The SMILES string of the molecule is O=c1[nH]c2ccc(C#CCN3CCC(Cc4ccccc4)CC3)cc2o1. The van der Waals surface area contributed by atoms with E-state index in [9.17, 15) is 4.79 Å². The summed E-state index contributed by atoms with van der Waals surface area (Å²) in [7, 11) is 0. The highest BCUT2D eigenvalue weighted by Gasteiger charge is 2.18. The second-order valence-corrected chi connectivity index (χ2v) is 6.94. The number of nitrogens with zero attached hydrogens (tertiary/aromatic N) is 1. The fraction of sp³-hybridized carbons (Fsp3) is 0.318. The van der Waals surface area contributed by atoms with Crippen molar-refractivity contribution in [2.24, 2.45) is 5.92 Å². The number of benzene rings is 2. The molecule has 4 rings (SSSR count). The van der Waals surface area contributed by atoms with Crippen LogP contribution in [0.2, 0.25) is 0 Å². The Labute approximate surface area is 152 Å². The van der Waals surface area contributed by atoms with Crippen LogP contribution in [0.25, 0.3) is 11.1 Å².